The van der Waals surface area contributed by atoms with Crippen molar-refractivity contribution in [3.63, 3.8) is 0 Å². The summed E-state index contributed by atoms with van der Waals surface area (Å²) >= 11 is 1.85. The second-order valence-corrected chi connectivity index (χ2v) is 5.01. The molecule has 0 spiro atoms. The molecule has 2 nitrogen and oxygen atoms in total. The molecule has 0 unspecified atom stereocenters. The van der Waals surface area contributed by atoms with Gasteiger partial charge in [0.05, 0.1) is 0 Å². The first-order valence-corrected chi connectivity index (χ1v) is 7.08. The Hall–Kier alpha value is -0.960. The molecular weight excluding hydrogens is 218 g/mol. The normalized spacial score (nSPS) is 15.8. The van der Waals surface area contributed by atoms with Crippen LogP contribution in [0.25, 0.3) is 0 Å². The van der Waals surface area contributed by atoms with Gasteiger partial charge in [-0.25, -0.2) is 0 Å². The van der Waals surface area contributed by atoms with Gasteiger partial charge in [0.2, 0.25) is 0 Å². The van der Waals surface area contributed by atoms with E-state index < -0.39 is 0 Å². The fourth-order valence-electron chi connectivity index (χ4n) is 2.10. The summed E-state index contributed by atoms with van der Waals surface area (Å²) in [4.78, 5) is 14.2. The van der Waals surface area contributed by atoms with Gasteiger partial charge in [0.1, 0.15) is 0 Å². The Morgan fingerprint density at radius 2 is 2.19 bits per heavy atom. The van der Waals surface area contributed by atoms with Gasteiger partial charge in [-0.05, 0) is 24.8 Å². The van der Waals surface area contributed by atoms with Gasteiger partial charge in [-0.2, -0.15) is 11.8 Å². The number of fused-ring (bicyclic) bond motifs is 1. The predicted octanol–water partition coefficient (Wildman–Crippen LogP) is 2.83. The summed E-state index contributed by atoms with van der Waals surface area (Å²) in [6.07, 6.45) is 3.78. The zero-order valence-corrected chi connectivity index (χ0v) is 10.4. The maximum absolute atomic E-state index is 11.9. The summed E-state index contributed by atoms with van der Waals surface area (Å²) < 4.78 is 0. The van der Waals surface area contributed by atoms with Crippen molar-refractivity contribution in [2.75, 3.05) is 30.0 Å². The molecule has 0 amide bonds. The van der Waals surface area contributed by atoms with Crippen molar-refractivity contribution in [3.05, 3.63) is 29.8 Å². The van der Waals surface area contributed by atoms with Gasteiger partial charge in [0.25, 0.3) is 0 Å². The molecule has 0 atom stereocenters. The number of nitrogens with zero attached hydrogens (tertiary/aromatic N) is 1. The van der Waals surface area contributed by atoms with E-state index in [2.05, 4.69) is 17.2 Å². The number of para-hydroxylation sites is 1. The number of hydrogen-bond donors (Lipinski definition) is 0. The fourth-order valence-corrected chi connectivity index (χ4v) is 2.51. The first-order valence-electron chi connectivity index (χ1n) is 5.69. The van der Waals surface area contributed by atoms with Crippen LogP contribution in [0.5, 0.6) is 0 Å². The van der Waals surface area contributed by atoms with E-state index in [1.54, 1.807) is 0 Å². The highest BCUT2D eigenvalue weighted by Gasteiger charge is 2.19. The fraction of sp³-hybridized carbons (Fsp3) is 0.462. The van der Waals surface area contributed by atoms with Gasteiger partial charge in [0, 0.05) is 36.5 Å². The summed E-state index contributed by atoms with van der Waals surface area (Å²) in [6, 6.07) is 7.99. The Balaban J connectivity index is 2.27. The minimum Gasteiger partial charge on any atom is -0.370 e. The zero-order valence-electron chi connectivity index (χ0n) is 9.61. The molecule has 0 N–H and O–H groups in total. The van der Waals surface area contributed by atoms with Crippen LogP contribution in [0, 0.1) is 0 Å². The van der Waals surface area contributed by atoms with Gasteiger partial charge in [-0.15, -0.1) is 0 Å². The Bertz CT molecular complexity index is 378. The van der Waals surface area contributed by atoms with Crippen LogP contribution in [0.2, 0.25) is 0 Å². The molecule has 0 aliphatic carbocycles. The van der Waals surface area contributed by atoms with Crippen LogP contribution in [0.4, 0.5) is 5.69 Å². The number of thioether (sulfide) groups is 1. The van der Waals surface area contributed by atoms with Crippen molar-refractivity contribution in [2.45, 2.75) is 12.8 Å². The summed E-state index contributed by atoms with van der Waals surface area (Å²) in [6.45, 7) is 2.04. The lowest BCUT2D eigenvalue weighted by Gasteiger charge is -2.23. The first-order chi connectivity index (χ1) is 7.83. The Labute approximate surface area is 101 Å². The highest BCUT2D eigenvalue weighted by molar-refractivity contribution is 7.98. The minimum absolute atomic E-state index is 0.294. The summed E-state index contributed by atoms with van der Waals surface area (Å²) in [5, 5.41) is 0. The Morgan fingerprint density at radius 3 is 3.00 bits per heavy atom. The second-order valence-electron chi connectivity index (χ2n) is 4.02. The lowest BCUT2D eigenvalue weighted by molar-refractivity contribution is 0.0984. The maximum Gasteiger partial charge on any atom is 0.165 e. The van der Waals surface area contributed by atoms with Crippen LogP contribution in [-0.2, 0) is 0 Å². The molecule has 16 heavy (non-hydrogen) atoms. The zero-order chi connectivity index (χ0) is 11.4. The number of rotatable bonds is 3. The van der Waals surface area contributed by atoms with Crippen molar-refractivity contribution in [3.8, 4) is 0 Å². The molecule has 1 heterocycles. The van der Waals surface area contributed by atoms with Gasteiger partial charge < -0.3 is 4.90 Å². The van der Waals surface area contributed by atoms with Crippen LogP contribution in [0.1, 0.15) is 23.2 Å². The van der Waals surface area contributed by atoms with Crippen molar-refractivity contribution in [1.29, 1.82) is 0 Å². The van der Waals surface area contributed by atoms with E-state index >= 15 is 0 Å². The quantitative estimate of drug-likeness (QED) is 0.803. The number of hydrogen-bond acceptors (Lipinski definition) is 3. The highest BCUT2D eigenvalue weighted by atomic mass is 32.2. The molecule has 1 aliphatic rings. The number of ketones is 1. The minimum atomic E-state index is 0.294. The third-order valence-corrected chi connectivity index (χ3v) is 3.53. The molecule has 1 aliphatic heterocycles. The number of Topliss-reactive ketones (excluding diaryl/α,β-unsaturated/α-hetero) is 1. The Kier molecular flexibility index (Phi) is 3.88. The summed E-state index contributed by atoms with van der Waals surface area (Å²) in [5.41, 5.74) is 2.03. The first kappa shape index (κ1) is 11.5. The van der Waals surface area contributed by atoms with E-state index in [1.165, 1.54) is 0 Å². The maximum atomic E-state index is 11.9. The third kappa shape index (κ3) is 2.40. The molecule has 0 saturated carbocycles. The second kappa shape index (κ2) is 5.39. The summed E-state index contributed by atoms with van der Waals surface area (Å²) in [7, 11) is 0. The van der Waals surface area contributed by atoms with E-state index in [1.807, 2.05) is 30.0 Å². The number of benzene rings is 1. The van der Waals surface area contributed by atoms with E-state index in [0.29, 0.717) is 12.2 Å². The van der Waals surface area contributed by atoms with Crippen molar-refractivity contribution in [1.82, 2.24) is 0 Å². The molecule has 1 aromatic rings. The van der Waals surface area contributed by atoms with E-state index in [0.717, 1.165) is 36.5 Å². The van der Waals surface area contributed by atoms with E-state index in [-0.39, 0.29) is 0 Å². The van der Waals surface area contributed by atoms with Crippen LogP contribution in [0.15, 0.2) is 24.3 Å². The van der Waals surface area contributed by atoms with E-state index in [9.17, 15) is 4.79 Å². The summed E-state index contributed by atoms with van der Waals surface area (Å²) in [5.74, 6) is 1.41. The smallest absolute Gasteiger partial charge is 0.165 e. The van der Waals surface area contributed by atoms with Crippen molar-refractivity contribution in [2.24, 2.45) is 0 Å². The van der Waals surface area contributed by atoms with Crippen LogP contribution < -0.4 is 4.90 Å². The van der Waals surface area contributed by atoms with Gasteiger partial charge in [-0.3, -0.25) is 4.79 Å². The average Bonchev–Trinajstić information content (AvgIpc) is 2.47. The van der Waals surface area contributed by atoms with Gasteiger partial charge in [-0.1, -0.05) is 12.1 Å². The molecule has 0 saturated heterocycles. The highest BCUT2D eigenvalue weighted by Crippen LogP contribution is 2.25. The van der Waals surface area contributed by atoms with Gasteiger partial charge >= 0.3 is 0 Å². The van der Waals surface area contributed by atoms with Crippen molar-refractivity contribution >= 4 is 23.2 Å². The molecule has 3 heteroatoms. The van der Waals surface area contributed by atoms with Crippen LogP contribution >= 0.6 is 11.8 Å². The molecular formula is C13H17NOS. The Morgan fingerprint density at radius 1 is 1.38 bits per heavy atom. The predicted molar refractivity (Wildman–Crippen MR) is 70.6 cm³/mol. The van der Waals surface area contributed by atoms with Crippen molar-refractivity contribution < 1.29 is 4.79 Å². The number of anilines is 1. The average molecular weight is 235 g/mol. The molecule has 2 rings (SSSR count). The molecule has 0 radical (unpaired) electrons. The third-order valence-electron chi connectivity index (χ3n) is 2.94. The lowest BCUT2D eigenvalue weighted by atomic mass is 10.1. The molecule has 0 fully saturated rings. The molecule has 0 bridgehead atoms. The largest absolute Gasteiger partial charge is 0.370 e. The lowest BCUT2D eigenvalue weighted by Crippen LogP contribution is -2.26. The standard InChI is InChI=1S/C13H17NOS/c1-16-10-9-14-8-4-7-13(15)11-5-2-3-6-12(11)14/h2-3,5-6H,4,7-10H2,1H3. The molecule has 0 aromatic heterocycles. The monoisotopic (exact) mass is 235 g/mol. The number of carbonyl (C=O) groups is 1. The van der Waals surface area contributed by atoms with E-state index in [4.69, 9.17) is 0 Å². The SMILES string of the molecule is CSCCN1CCCC(=O)c2ccccc21. The van der Waals surface area contributed by atoms with Crippen LogP contribution in [0.3, 0.4) is 0 Å². The topological polar surface area (TPSA) is 20.3 Å². The number of carbonyl (C=O) groups excluding carboxylic acids is 1. The molecule has 1 aromatic carbocycles. The molecule has 86 valence electrons. The van der Waals surface area contributed by atoms with Gasteiger partial charge in [0.15, 0.2) is 5.78 Å². The van der Waals surface area contributed by atoms with Crippen LogP contribution in [-0.4, -0.2) is 30.9 Å².